The molecule has 1 aromatic carbocycles. The molecular formula is C12H17N3O3. The number of nitrogens with two attached hydrogens (primary N) is 1. The van der Waals surface area contributed by atoms with Crippen LogP contribution in [-0.2, 0) is 4.79 Å². The van der Waals surface area contributed by atoms with Gasteiger partial charge in [-0.2, -0.15) is 0 Å². The van der Waals surface area contributed by atoms with Crippen LogP contribution >= 0.6 is 0 Å². The molecule has 18 heavy (non-hydrogen) atoms. The van der Waals surface area contributed by atoms with Crippen molar-refractivity contribution in [3.05, 3.63) is 24.3 Å². The van der Waals surface area contributed by atoms with Crippen molar-refractivity contribution in [2.24, 2.45) is 5.73 Å². The number of ether oxygens (including phenoxy) is 1. The maximum atomic E-state index is 11.4. The summed E-state index contributed by atoms with van der Waals surface area (Å²) >= 11 is 0. The summed E-state index contributed by atoms with van der Waals surface area (Å²) in [7, 11) is 0. The fraction of sp³-hybridized carbons (Fsp3) is 0.333. The SMILES string of the molecule is CCOc1ccc(N[C@H](C)C(=O)NC(N)=O)cc1. The fourth-order valence-electron chi connectivity index (χ4n) is 1.36. The Labute approximate surface area is 105 Å². The first-order valence-electron chi connectivity index (χ1n) is 5.62. The van der Waals surface area contributed by atoms with Gasteiger partial charge in [0.2, 0.25) is 5.91 Å². The van der Waals surface area contributed by atoms with Crippen molar-refractivity contribution in [2.75, 3.05) is 11.9 Å². The third kappa shape index (κ3) is 4.32. The van der Waals surface area contributed by atoms with Gasteiger partial charge < -0.3 is 15.8 Å². The first-order chi connectivity index (χ1) is 8.52. The second-order valence-corrected chi connectivity index (χ2v) is 3.68. The van der Waals surface area contributed by atoms with Gasteiger partial charge >= 0.3 is 6.03 Å². The maximum Gasteiger partial charge on any atom is 0.318 e. The number of primary amides is 1. The molecule has 0 saturated carbocycles. The van der Waals surface area contributed by atoms with E-state index in [1.807, 2.05) is 12.2 Å². The standard InChI is InChI=1S/C12H17N3O3/c1-3-18-10-6-4-9(5-7-10)14-8(2)11(16)15-12(13)17/h4-8,14H,3H2,1-2H3,(H3,13,15,16,17)/t8-/m1/s1. The summed E-state index contributed by atoms with van der Waals surface area (Å²) in [6.07, 6.45) is 0. The van der Waals surface area contributed by atoms with Crippen molar-refractivity contribution >= 4 is 17.6 Å². The fourth-order valence-corrected chi connectivity index (χ4v) is 1.36. The molecule has 4 N–H and O–H groups in total. The van der Waals surface area contributed by atoms with E-state index in [4.69, 9.17) is 10.5 Å². The first kappa shape index (κ1) is 13.8. The minimum Gasteiger partial charge on any atom is -0.494 e. The number of rotatable bonds is 5. The summed E-state index contributed by atoms with van der Waals surface area (Å²) in [5.41, 5.74) is 5.62. The van der Waals surface area contributed by atoms with Crippen LogP contribution in [-0.4, -0.2) is 24.6 Å². The summed E-state index contributed by atoms with van der Waals surface area (Å²) in [6.45, 7) is 4.14. The Kier molecular flexibility index (Phi) is 4.98. The molecule has 0 spiro atoms. The van der Waals surface area contributed by atoms with Crippen LogP contribution in [0.15, 0.2) is 24.3 Å². The molecule has 6 heteroatoms. The van der Waals surface area contributed by atoms with Gasteiger partial charge in [0.1, 0.15) is 11.8 Å². The number of imide groups is 1. The van der Waals surface area contributed by atoms with Crippen molar-refractivity contribution in [2.45, 2.75) is 19.9 Å². The molecule has 98 valence electrons. The summed E-state index contributed by atoms with van der Waals surface area (Å²) < 4.78 is 5.30. The van der Waals surface area contributed by atoms with E-state index in [9.17, 15) is 9.59 Å². The molecule has 0 aliphatic rings. The summed E-state index contributed by atoms with van der Waals surface area (Å²) in [6, 6.07) is 5.75. The zero-order valence-corrected chi connectivity index (χ0v) is 10.4. The molecule has 6 nitrogen and oxygen atoms in total. The topological polar surface area (TPSA) is 93.4 Å². The Morgan fingerprint density at radius 2 is 1.94 bits per heavy atom. The van der Waals surface area contributed by atoms with Crippen LogP contribution in [0.3, 0.4) is 0 Å². The van der Waals surface area contributed by atoms with Crippen molar-refractivity contribution < 1.29 is 14.3 Å². The third-order valence-electron chi connectivity index (χ3n) is 2.19. The second-order valence-electron chi connectivity index (χ2n) is 3.68. The molecule has 0 aromatic heterocycles. The molecule has 1 aromatic rings. The van der Waals surface area contributed by atoms with E-state index in [0.29, 0.717) is 6.61 Å². The molecule has 0 radical (unpaired) electrons. The van der Waals surface area contributed by atoms with Crippen molar-refractivity contribution in [3.8, 4) is 5.75 Å². The summed E-state index contributed by atoms with van der Waals surface area (Å²) in [5, 5.41) is 4.95. The highest BCUT2D eigenvalue weighted by atomic mass is 16.5. The second kappa shape index (κ2) is 6.48. The van der Waals surface area contributed by atoms with Crippen LogP contribution in [0.2, 0.25) is 0 Å². The molecular weight excluding hydrogens is 234 g/mol. The Morgan fingerprint density at radius 3 is 2.44 bits per heavy atom. The van der Waals surface area contributed by atoms with Gasteiger partial charge in [-0.15, -0.1) is 0 Å². The highest BCUT2D eigenvalue weighted by molar-refractivity contribution is 5.97. The maximum absolute atomic E-state index is 11.4. The van der Waals surface area contributed by atoms with Gasteiger partial charge in [-0.1, -0.05) is 0 Å². The van der Waals surface area contributed by atoms with Gasteiger partial charge in [-0.3, -0.25) is 10.1 Å². The van der Waals surface area contributed by atoms with Gasteiger partial charge in [0.25, 0.3) is 0 Å². The molecule has 0 aliphatic carbocycles. The summed E-state index contributed by atoms with van der Waals surface area (Å²) in [5.74, 6) is 0.286. The van der Waals surface area contributed by atoms with Gasteiger partial charge in [0.15, 0.2) is 0 Å². The number of anilines is 1. The average Bonchev–Trinajstić information content (AvgIpc) is 2.31. The van der Waals surface area contributed by atoms with Crippen LogP contribution in [0.25, 0.3) is 0 Å². The molecule has 0 bridgehead atoms. The smallest absolute Gasteiger partial charge is 0.318 e. The number of hydrogen-bond acceptors (Lipinski definition) is 4. The highest BCUT2D eigenvalue weighted by Crippen LogP contribution is 2.16. The predicted molar refractivity (Wildman–Crippen MR) is 68.4 cm³/mol. The minimum absolute atomic E-state index is 0.476. The van der Waals surface area contributed by atoms with Crippen LogP contribution in [0.5, 0.6) is 5.75 Å². The Hall–Kier alpha value is -2.24. The molecule has 0 unspecified atom stereocenters. The lowest BCUT2D eigenvalue weighted by Crippen LogP contribution is -2.43. The lowest BCUT2D eigenvalue weighted by atomic mass is 10.2. The van der Waals surface area contributed by atoms with Crippen LogP contribution in [0.4, 0.5) is 10.5 Å². The van der Waals surface area contributed by atoms with E-state index in [0.717, 1.165) is 11.4 Å². The minimum atomic E-state index is -0.861. The number of carbonyl (C=O) groups is 2. The molecule has 0 heterocycles. The average molecular weight is 251 g/mol. The van der Waals surface area contributed by atoms with Gasteiger partial charge in [-0.25, -0.2) is 4.79 Å². The lowest BCUT2D eigenvalue weighted by molar-refractivity contribution is -0.120. The normalized spacial score (nSPS) is 11.4. The monoisotopic (exact) mass is 251 g/mol. The predicted octanol–water partition coefficient (Wildman–Crippen LogP) is 1.08. The third-order valence-corrected chi connectivity index (χ3v) is 2.19. The van der Waals surface area contributed by atoms with Crippen molar-refractivity contribution in [3.63, 3.8) is 0 Å². The van der Waals surface area contributed by atoms with E-state index >= 15 is 0 Å². The lowest BCUT2D eigenvalue weighted by Gasteiger charge is -2.14. The van der Waals surface area contributed by atoms with Crippen molar-refractivity contribution in [1.29, 1.82) is 0 Å². The molecule has 0 fully saturated rings. The van der Waals surface area contributed by atoms with Crippen molar-refractivity contribution in [1.82, 2.24) is 5.32 Å². The van der Waals surface area contributed by atoms with E-state index in [1.54, 1.807) is 31.2 Å². The number of hydrogen-bond donors (Lipinski definition) is 3. The molecule has 1 rings (SSSR count). The molecule has 0 aliphatic heterocycles. The quantitative estimate of drug-likeness (QED) is 0.730. The van der Waals surface area contributed by atoms with E-state index in [1.165, 1.54) is 0 Å². The Morgan fingerprint density at radius 1 is 1.33 bits per heavy atom. The van der Waals surface area contributed by atoms with Crippen LogP contribution in [0.1, 0.15) is 13.8 Å². The zero-order valence-electron chi connectivity index (χ0n) is 10.4. The highest BCUT2D eigenvalue weighted by Gasteiger charge is 2.13. The van der Waals surface area contributed by atoms with Crippen LogP contribution in [0, 0.1) is 0 Å². The van der Waals surface area contributed by atoms with Gasteiger partial charge in [0.05, 0.1) is 6.61 Å². The first-order valence-corrected chi connectivity index (χ1v) is 5.62. The van der Waals surface area contributed by atoms with Crippen LogP contribution < -0.4 is 21.1 Å². The van der Waals surface area contributed by atoms with E-state index < -0.39 is 18.0 Å². The molecule has 1 atom stereocenters. The van der Waals surface area contributed by atoms with Gasteiger partial charge in [0, 0.05) is 5.69 Å². The zero-order chi connectivity index (χ0) is 13.5. The number of carbonyl (C=O) groups excluding carboxylic acids is 2. The van der Waals surface area contributed by atoms with E-state index in [-0.39, 0.29) is 0 Å². The Bertz CT molecular complexity index is 417. The van der Waals surface area contributed by atoms with Gasteiger partial charge in [-0.05, 0) is 38.1 Å². The molecule has 3 amide bonds. The Balaban J connectivity index is 2.56. The van der Waals surface area contributed by atoms with E-state index in [2.05, 4.69) is 5.32 Å². The molecule has 0 saturated heterocycles. The number of amides is 3. The number of nitrogens with one attached hydrogen (secondary N) is 2. The summed E-state index contributed by atoms with van der Waals surface area (Å²) in [4.78, 5) is 22.0. The number of urea groups is 1. The number of benzene rings is 1. The largest absolute Gasteiger partial charge is 0.494 e.